The van der Waals surface area contributed by atoms with Gasteiger partial charge >= 0.3 is 0 Å². The maximum atomic E-state index is 12.2. The van der Waals surface area contributed by atoms with Crippen molar-refractivity contribution in [3.63, 3.8) is 0 Å². The summed E-state index contributed by atoms with van der Waals surface area (Å²) >= 11 is 0. The molecule has 0 aliphatic carbocycles. The van der Waals surface area contributed by atoms with Gasteiger partial charge in [0.1, 0.15) is 5.75 Å². The average Bonchev–Trinajstić information content (AvgIpc) is 2.53. The average molecular weight is 320 g/mol. The van der Waals surface area contributed by atoms with Crippen molar-refractivity contribution in [2.75, 3.05) is 26.7 Å². The second kappa shape index (κ2) is 7.97. The molecule has 6 nitrogen and oxygen atoms in total. The fourth-order valence-corrected chi connectivity index (χ4v) is 2.75. The van der Waals surface area contributed by atoms with E-state index in [0.29, 0.717) is 30.9 Å². The highest BCUT2D eigenvalue weighted by molar-refractivity contribution is 5.97. The first-order valence-corrected chi connectivity index (χ1v) is 7.85. The number of nitrogens with zero attached hydrogens (tertiary/aromatic N) is 1. The third kappa shape index (κ3) is 4.69. The first kappa shape index (κ1) is 17.3. The van der Waals surface area contributed by atoms with E-state index < -0.39 is 0 Å². The number of nitrogens with one attached hydrogen (secondary N) is 1. The molecule has 1 N–H and O–H groups in total. The van der Waals surface area contributed by atoms with E-state index in [2.05, 4.69) is 5.32 Å². The minimum absolute atomic E-state index is 0.0346. The summed E-state index contributed by atoms with van der Waals surface area (Å²) in [7, 11) is 1.52. The standard InChI is InChI=1S/C17H24N2O4/c1-12-10-19(11-13(2)23-12)16(20)8-9-18-17(21)14-6-4-5-7-15(14)22-3/h4-7,12-13H,8-11H2,1-3H3,(H,18,21)/t12-,13+. The van der Waals surface area contributed by atoms with Gasteiger partial charge in [0.15, 0.2) is 0 Å². The molecule has 1 aliphatic rings. The molecule has 23 heavy (non-hydrogen) atoms. The van der Waals surface area contributed by atoms with Crippen LogP contribution in [0.15, 0.2) is 24.3 Å². The molecule has 6 heteroatoms. The molecule has 1 fully saturated rings. The highest BCUT2D eigenvalue weighted by atomic mass is 16.5. The topological polar surface area (TPSA) is 67.9 Å². The van der Waals surface area contributed by atoms with Crippen LogP contribution in [0.2, 0.25) is 0 Å². The molecular weight excluding hydrogens is 296 g/mol. The molecule has 2 amide bonds. The summed E-state index contributed by atoms with van der Waals surface area (Å²) in [5.41, 5.74) is 0.469. The van der Waals surface area contributed by atoms with Crippen LogP contribution in [-0.4, -0.2) is 55.7 Å². The number of rotatable bonds is 5. The summed E-state index contributed by atoms with van der Waals surface area (Å²) in [6.45, 7) is 5.42. The lowest BCUT2D eigenvalue weighted by Gasteiger charge is -2.35. The molecule has 0 aromatic heterocycles. The summed E-state index contributed by atoms with van der Waals surface area (Å²) in [6, 6.07) is 7.01. The van der Waals surface area contributed by atoms with E-state index >= 15 is 0 Å². The number of methoxy groups -OCH3 is 1. The van der Waals surface area contributed by atoms with Crippen LogP contribution in [0.3, 0.4) is 0 Å². The lowest BCUT2D eigenvalue weighted by Crippen LogP contribution is -2.48. The van der Waals surface area contributed by atoms with Gasteiger partial charge in [-0.3, -0.25) is 9.59 Å². The van der Waals surface area contributed by atoms with E-state index in [1.807, 2.05) is 13.8 Å². The summed E-state index contributed by atoms with van der Waals surface area (Å²) in [4.78, 5) is 26.2. The number of para-hydroxylation sites is 1. The number of morpholine rings is 1. The SMILES string of the molecule is COc1ccccc1C(=O)NCCC(=O)N1C[C@@H](C)O[C@@H](C)C1. The molecule has 2 atom stereocenters. The number of amides is 2. The second-order valence-corrected chi connectivity index (χ2v) is 5.76. The molecule has 0 saturated carbocycles. The van der Waals surface area contributed by atoms with Crippen molar-refractivity contribution in [3.8, 4) is 5.75 Å². The number of hydrogen-bond donors (Lipinski definition) is 1. The van der Waals surface area contributed by atoms with Gasteiger partial charge in [-0.15, -0.1) is 0 Å². The van der Waals surface area contributed by atoms with Crippen LogP contribution in [0.5, 0.6) is 5.75 Å². The monoisotopic (exact) mass is 320 g/mol. The van der Waals surface area contributed by atoms with E-state index in [9.17, 15) is 9.59 Å². The number of ether oxygens (including phenoxy) is 2. The number of carbonyl (C=O) groups is 2. The van der Waals surface area contributed by atoms with Crippen molar-refractivity contribution in [2.45, 2.75) is 32.5 Å². The Morgan fingerprint density at radius 3 is 2.57 bits per heavy atom. The van der Waals surface area contributed by atoms with E-state index in [-0.39, 0.29) is 30.4 Å². The van der Waals surface area contributed by atoms with Crippen LogP contribution in [-0.2, 0) is 9.53 Å². The smallest absolute Gasteiger partial charge is 0.255 e. The highest BCUT2D eigenvalue weighted by Gasteiger charge is 2.25. The van der Waals surface area contributed by atoms with Gasteiger partial charge in [-0.1, -0.05) is 12.1 Å². The number of carbonyl (C=O) groups excluding carboxylic acids is 2. The normalized spacial score (nSPS) is 20.9. The van der Waals surface area contributed by atoms with E-state index in [1.54, 1.807) is 29.2 Å². The number of benzene rings is 1. The fourth-order valence-electron chi connectivity index (χ4n) is 2.75. The summed E-state index contributed by atoms with van der Waals surface area (Å²) in [6.07, 6.45) is 0.372. The van der Waals surface area contributed by atoms with Gasteiger partial charge in [0.05, 0.1) is 24.9 Å². The molecule has 1 heterocycles. The van der Waals surface area contributed by atoms with Crippen LogP contribution in [0.1, 0.15) is 30.6 Å². The Hall–Kier alpha value is -2.08. The van der Waals surface area contributed by atoms with Crippen LogP contribution >= 0.6 is 0 Å². The van der Waals surface area contributed by atoms with Gasteiger partial charge in [-0.2, -0.15) is 0 Å². The lowest BCUT2D eigenvalue weighted by atomic mass is 10.2. The third-order valence-electron chi connectivity index (χ3n) is 3.75. The summed E-state index contributed by atoms with van der Waals surface area (Å²) in [5.74, 6) is 0.318. The first-order valence-electron chi connectivity index (χ1n) is 7.85. The minimum atomic E-state index is -0.237. The molecule has 1 aliphatic heterocycles. The molecule has 0 radical (unpaired) electrons. The summed E-state index contributed by atoms with van der Waals surface area (Å²) < 4.78 is 10.8. The predicted molar refractivity (Wildman–Crippen MR) is 86.5 cm³/mol. The maximum absolute atomic E-state index is 12.2. The van der Waals surface area contributed by atoms with Crippen molar-refractivity contribution in [2.24, 2.45) is 0 Å². The second-order valence-electron chi connectivity index (χ2n) is 5.76. The lowest BCUT2D eigenvalue weighted by molar-refractivity contribution is -0.143. The molecular formula is C17H24N2O4. The Kier molecular flexibility index (Phi) is 5.98. The Morgan fingerprint density at radius 2 is 1.91 bits per heavy atom. The van der Waals surface area contributed by atoms with Gasteiger partial charge in [0.25, 0.3) is 5.91 Å². The quantitative estimate of drug-likeness (QED) is 0.892. The van der Waals surface area contributed by atoms with Crippen molar-refractivity contribution < 1.29 is 19.1 Å². The van der Waals surface area contributed by atoms with Gasteiger partial charge in [-0.25, -0.2) is 0 Å². The molecule has 1 saturated heterocycles. The van der Waals surface area contributed by atoms with Crippen LogP contribution in [0.25, 0.3) is 0 Å². The first-order chi connectivity index (χ1) is 11.0. The third-order valence-corrected chi connectivity index (χ3v) is 3.75. The molecule has 0 unspecified atom stereocenters. The summed E-state index contributed by atoms with van der Waals surface area (Å²) in [5, 5.41) is 2.77. The van der Waals surface area contributed by atoms with Gasteiger partial charge in [0, 0.05) is 26.1 Å². The molecule has 1 aromatic rings. The predicted octanol–water partition coefficient (Wildman–Crippen LogP) is 1.45. The zero-order chi connectivity index (χ0) is 16.8. The van der Waals surface area contributed by atoms with Gasteiger partial charge < -0.3 is 19.7 Å². The molecule has 0 bridgehead atoms. The fraction of sp³-hybridized carbons (Fsp3) is 0.529. The zero-order valence-corrected chi connectivity index (χ0v) is 13.9. The van der Waals surface area contributed by atoms with Crippen LogP contribution in [0.4, 0.5) is 0 Å². The van der Waals surface area contributed by atoms with Crippen molar-refractivity contribution >= 4 is 11.8 Å². The van der Waals surface area contributed by atoms with Crippen LogP contribution in [0, 0.1) is 0 Å². The highest BCUT2D eigenvalue weighted by Crippen LogP contribution is 2.17. The molecule has 0 spiro atoms. The Morgan fingerprint density at radius 1 is 1.26 bits per heavy atom. The zero-order valence-electron chi connectivity index (χ0n) is 13.9. The Bertz CT molecular complexity index is 551. The van der Waals surface area contributed by atoms with Crippen LogP contribution < -0.4 is 10.1 Å². The maximum Gasteiger partial charge on any atom is 0.255 e. The van der Waals surface area contributed by atoms with Gasteiger partial charge in [0.2, 0.25) is 5.91 Å². The van der Waals surface area contributed by atoms with E-state index in [4.69, 9.17) is 9.47 Å². The number of hydrogen-bond acceptors (Lipinski definition) is 4. The molecule has 126 valence electrons. The molecule has 2 rings (SSSR count). The molecule has 1 aromatic carbocycles. The minimum Gasteiger partial charge on any atom is -0.496 e. The van der Waals surface area contributed by atoms with Crippen molar-refractivity contribution in [1.82, 2.24) is 10.2 Å². The van der Waals surface area contributed by atoms with Crippen molar-refractivity contribution in [3.05, 3.63) is 29.8 Å². The van der Waals surface area contributed by atoms with Gasteiger partial charge in [-0.05, 0) is 26.0 Å². The Balaban J connectivity index is 1.82. The van der Waals surface area contributed by atoms with Crippen molar-refractivity contribution in [1.29, 1.82) is 0 Å². The largest absolute Gasteiger partial charge is 0.496 e. The van der Waals surface area contributed by atoms with E-state index in [1.165, 1.54) is 7.11 Å². The van der Waals surface area contributed by atoms with E-state index in [0.717, 1.165) is 0 Å². The Labute approximate surface area is 136 Å².